The summed E-state index contributed by atoms with van der Waals surface area (Å²) in [4.78, 5) is 19.8. The highest BCUT2D eigenvalue weighted by atomic mass is 16.6. The van der Waals surface area contributed by atoms with Crippen LogP contribution in [0.2, 0.25) is 0 Å². The molecule has 0 bridgehead atoms. The number of rotatable bonds is 6. The lowest BCUT2D eigenvalue weighted by Crippen LogP contribution is -2.45. The number of hydrogen-bond acceptors (Lipinski definition) is 4. The van der Waals surface area contributed by atoms with Crippen molar-refractivity contribution in [2.45, 2.75) is 31.5 Å². The smallest absolute Gasteiger partial charge is 0.410 e. The van der Waals surface area contributed by atoms with E-state index in [2.05, 4.69) is 16.0 Å². The van der Waals surface area contributed by atoms with Gasteiger partial charge in [-0.25, -0.2) is 4.79 Å². The van der Waals surface area contributed by atoms with Crippen LogP contribution in [0.1, 0.15) is 18.5 Å². The van der Waals surface area contributed by atoms with Crippen molar-refractivity contribution in [2.24, 2.45) is 0 Å². The fourth-order valence-electron chi connectivity index (χ4n) is 3.73. The Morgan fingerprint density at radius 2 is 1.92 bits per heavy atom. The van der Waals surface area contributed by atoms with Crippen molar-refractivity contribution in [2.75, 3.05) is 26.2 Å². The van der Waals surface area contributed by atoms with Crippen LogP contribution in [0.3, 0.4) is 0 Å². The average molecular weight is 355 g/mol. The number of cyclic esters (lactones) is 1. The van der Waals surface area contributed by atoms with Gasteiger partial charge >= 0.3 is 6.09 Å². The number of nitrogens with zero attached hydrogens (tertiary/aromatic N) is 2. The highest BCUT2D eigenvalue weighted by Gasteiger charge is 2.37. The fourth-order valence-corrected chi connectivity index (χ4v) is 3.73. The van der Waals surface area contributed by atoms with E-state index in [0.29, 0.717) is 13.2 Å². The first-order chi connectivity index (χ1) is 12.8. The van der Waals surface area contributed by atoms with E-state index in [1.165, 1.54) is 5.69 Å². The van der Waals surface area contributed by atoms with Gasteiger partial charge in [0.2, 0.25) is 0 Å². The molecule has 1 unspecified atom stereocenters. The lowest BCUT2D eigenvalue weighted by Gasteiger charge is -2.35. The Hall–Kier alpha value is -2.47. The lowest BCUT2D eigenvalue weighted by atomic mass is 10.0. The van der Waals surface area contributed by atoms with E-state index in [1.54, 1.807) is 0 Å². The van der Waals surface area contributed by atoms with Gasteiger partial charge in [0.1, 0.15) is 12.4 Å². The number of para-hydroxylation sites is 1. The van der Waals surface area contributed by atoms with Gasteiger partial charge < -0.3 is 19.4 Å². The monoisotopic (exact) mass is 355 g/mol. The molecule has 1 amide bonds. The summed E-state index contributed by atoms with van der Waals surface area (Å²) in [7, 11) is 0. The molecule has 4 rings (SSSR count). The summed E-state index contributed by atoms with van der Waals surface area (Å²) in [6, 6.07) is 14.0. The summed E-state index contributed by atoms with van der Waals surface area (Å²) in [6.07, 6.45) is 3.54. The predicted octanol–water partition coefficient (Wildman–Crippen LogP) is 2.88. The van der Waals surface area contributed by atoms with Crippen LogP contribution in [0.15, 0.2) is 48.7 Å². The normalized spacial score (nSPS) is 21.8. The molecule has 2 saturated heterocycles. The van der Waals surface area contributed by atoms with Crippen molar-refractivity contribution in [1.29, 1.82) is 0 Å². The highest BCUT2D eigenvalue weighted by Crippen LogP contribution is 2.23. The molecule has 0 spiro atoms. The Labute approximate surface area is 153 Å². The van der Waals surface area contributed by atoms with E-state index in [4.69, 9.17) is 9.47 Å². The number of likely N-dealkylation sites (tertiary alicyclic amines) is 1. The van der Waals surface area contributed by atoms with E-state index in [-0.39, 0.29) is 18.2 Å². The van der Waals surface area contributed by atoms with Crippen molar-refractivity contribution >= 4 is 6.09 Å². The number of carbonyl (C=O) groups is 1. The minimum absolute atomic E-state index is 0.195. The predicted molar refractivity (Wildman–Crippen MR) is 98.0 cm³/mol. The molecule has 1 atom stereocenters. The molecule has 3 heterocycles. The molecular weight excluding hydrogens is 330 g/mol. The van der Waals surface area contributed by atoms with Crippen molar-refractivity contribution in [3.63, 3.8) is 0 Å². The van der Waals surface area contributed by atoms with E-state index in [1.807, 2.05) is 47.5 Å². The molecule has 138 valence electrons. The van der Waals surface area contributed by atoms with Gasteiger partial charge in [-0.15, -0.1) is 0 Å². The molecule has 2 aliphatic heterocycles. The van der Waals surface area contributed by atoms with E-state index >= 15 is 0 Å². The zero-order chi connectivity index (χ0) is 17.8. The number of benzene rings is 1. The van der Waals surface area contributed by atoms with Crippen LogP contribution in [-0.4, -0.2) is 59.3 Å². The third-order valence-corrected chi connectivity index (χ3v) is 5.14. The number of piperidine rings is 1. The topological polar surface area (TPSA) is 57.8 Å². The zero-order valence-electron chi connectivity index (χ0n) is 14.8. The highest BCUT2D eigenvalue weighted by molar-refractivity contribution is 5.70. The van der Waals surface area contributed by atoms with Gasteiger partial charge in [-0.3, -0.25) is 4.90 Å². The van der Waals surface area contributed by atoms with E-state index in [0.717, 1.165) is 38.2 Å². The molecule has 0 radical (unpaired) electrons. The quantitative estimate of drug-likeness (QED) is 0.866. The second-order valence-electron chi connectivity index (χ2n) is 6.98. The Morgan fingerprint density at radius 3 is 2.65 bits per heavy atom. The zero-order valence-corrected chi connectivity index (χ0v) is 14.8. The van der Waals surface area contributed by atoms with Crippen LogP contribution in [-0.2, 0) is 11.3 Å². The van der Waals surface area contributed by atoms with Gasteiger partial charge in [0.25, 0.3) is 0 Å². The summed E-state index contributed by atoms with van der Waals surface area (Å²) in [5.41, 5.74) is 1.24. The number of carbonyl (C=O) groups excluding carboxylic acids is 1. The Bertz CT molecular complexity index is 696. The maximum atomic E-state index is 12.3. The molecule has 2 fully saturated rings. The van der Waals surface area contributed by atoms with Crippen LogP contribution in [0.5, 0.6) is 5.75 Å². The standard InChI is InChI=1S/C20H25N3O3/c24-20-23(14-19(26-20)15-25-18-6-2-1-3-7-18)17-8-11-22(12-9-17)13-16-5-4-10-21-16/h1-7,10,17,19,21H,8-9,11-15H2. The van der Waals surface area contributed by atoms with E-state index < -0.39 is 0 Å². The van der Waals surface area contributed by atoms with Gasteiger partial charge in [-0.05, 0) is 37.1 Å². The molecule has 1 aromatic carbocycles. The number of amides is 1. The molecular formula is C20H25N3O3. The SMILES string of the molecule is O=C1OC(COc2ccccc2)CN1C1CCN(Cc2ccc[nH]2)CC1. The van der Waals surface area contributed by atoms with Gasteiger partial charge in [-0.1, -0.05) is 18.2 Å². The van der Waals surface area contributed by atoms with Crippen LogP contribution in [0.4, 0.5) is 4.79 Å². The van der Waals surface area contributed by atoms with Crippen LogP contribution >= 0.6 is 0 Å². The molecule has 2 aliphatic rings. The summed E-state index contributed by atoms with van der Waals surface area (Å²) in [6.45, 7) is 3.96. The van der Waals surface area contributed by atoms with E-state index in [9.17, 15) is 4.79 Å². The molecule has 0 aliphatic carbocycles. The second-order valence-corrected chi connectivity index (χ2v) is 6.98. The van der Waals surface area contributed by atoms with Crippen LogP contribution in [0.25, 0.3) is 0 Å². The van der Waals surface area contributed by atoms with Gasteiger partial charge in [-0.2, -0.15) is 0 Å². The number of aromatic nitrogens is 1. The van der Waals surface area contributed by atoms with Crippen molar-refractivity contribution in [3.8, 4) is 5.75 Å². The van der Waals surface area contributed by atoms with Crippen molar-refractivity contribution in [1.82, 2.24) is 14.8 Å². The summed E-state index contributed by atoms with van der Waals surface area (Å²) in [5, 5.41) is 0. The van der Waals surface area contributed by atoms with Gasteiger partial charge in [0, 0.05) is 37.6 Å². The minimum Gasteiger partial charge on any atom is -0.490 e. The molecule has 1 N–H and O–H groups in total. The molecule has 6 heteroatoms. The number of nitrogens with one attached hydrogen (secondary N) is 1. The fraction of sp³-hybridized carbons (Fsp3) is 0.450. The summed E-state index contributed by atoms with van der Waals surface area (Å²) >= 11 is 0. The van der Waals surface area contributed by atoms with Crippen LogP contribution < -0.4 is 4.74 Å². The average Bonchev–Trinajstić information content (AvgIpc) is 3.31. The van der Waals surface area contributed by atoms with Crippen LogP contribution in [0, 0.1) is 0 Å². The third kappa shape index (κ3) is 4.02. The molecule has 2 aromatic rings. The molecule has 1 aromatic heterocycles. The summed E-state index contributed by atoms with van der Waals surface area (Å²) < 4.78 is 11.2. The third-order valence-electron chi connectivity index (χ3n) is 5.14. The van der Waals surface area contributed by atoms with Gasteiger partial charge in [0.05, 0.1) is 6.54 Å². The summed E-state index contributed by atoms with van der Waals surface area (Å²) in [5.74, 6) is 0.805. The number of H-pyrrole nitrogens is 1. The number of ether oxygens (including phenoxy) is 2. The number of hydrogen-bond donors (Lipinski definition) is 1. The largest absolute Gasteiger partial charge is 0.490 e. The lowest BCUT2D eigenvalue weighted by molar-refractivity contribution is 0.0970. The number of aromatic amines is 1. The molecule has 6 nitrogen and oxygen atoms in total. The molecule has 26 heavy (non-hydrogen) atoms. The maximum absolute atomic E-state index is 12.3. The Kier molecular flexibility index (Phi) is 5.11. The van der Waals surface area contributed by atoms with Gasteiger partial charge in [0.15, 0.2) is 6.10 Å². The Morgan fingerprint density at radius 1 is 1.12 bits per heavy atom. The maximum Gasteiger partial charge on any atom is 0.410 e. The van der Waals surface area contributed by atoms with Crippen molar-refractivity contribution in [3.05, 3.63) is 54.4 Å². The van der Waals surface area contributed by atoms with Crippen molar-refractivity contribution < 1.29 is 14.3 Å². The minimum atomic E-state index is -0.200. The first kappa shape index (κ1) is 17.0. The second kappa shape index (κ2) is 7.83. The first-order valence-corrected chi connectivity index (χ1v) is 9.27. The first-order valence-electron chi connectivity index (χ1n) is 9.27. The Balaban J connectivity index is 1.24. The molecule has 0 saturated carbocycles.